The summed E-state index contributed by atoms with van der Waals surface area (Å²) in [5.74, 6) is 0.798. The van der Waals surface area contributed by atoms with Crippen molar-refractivity contribution in [2.75, 3.05) is 0 Å². The zero-order valence-electron chi connectivity index (χ0n) is 34.7. The summed E-state index contributed by atoms with van der Waals surface area (Å²) >= 11 is 0. The Hall–Kier alpha value is -8.60. The number of aromatic nitrogens is 4. The van der Waals surface area contributed by atoms with Crippen LogP contribution in [-0.4, -0.2) is 19.1 Å². The number of nitrogens with zero attached hydrogens (tertiary/aromatic N) is 4. The maximum absolute atomic E-state index is 5.51. The third-order valence-corrected chi connectivity index (χ3v) is 12.9. The second-order valence-corrected chi connectivity index (χ2v) is 16.5. The SMILES string of the molecule is c1ccc(-c2ccc(-c3nc4ccccc4nc3-n3c4cccc(-c5cccc6c5c5ccccc5n6-c5ccc(-c6ccccc6)cc5)c4c4c5ccccc5ccc43)cc2)cc1. The van der Waals surface area contributed by atoms with Gasteiger partial charge in [0.05, 0.1) is 33.1 Å². The van der Waals surface area contributed by atoms with Gasteiger partial charge in [-0.05, 0) is 92.7 Å². The molecule has 0 amide bonds. The molecule has 0 saturated heterocycles. The smallest absolute Gasteiger partial charge is 0.165 e. The minimum atomic E-state index is 0.798. The lowest BCUT2D eigenvalue weighted by Gasteiger charge is -2.14. The van der Waals surface area contributed by atoms with Crippen molar-refractivity contribution in [3.8, 4) is 56.1 Å². The number of fused-ring (bicyclic) bond motifs is 9. The Kier molecular flexibility index (Phi) is 8.18. The summed E-state index contributed by atoms with van der Waals surface area (Å²) in [4.78, 5) is 10.9. The first-order valence-corrected chi connectivity index (χ1v) is 21.8. The molecule has 0 radical (unpaired) electrons. The molecule has 0 aliphatic carbocycles. The first-order valence-electron chi connectivity index (χ1n) is 21.8. The van der Waals surface area contributed by atoms with Crippen LogP contribution in [0.4, 0.5) is 0 Å². The number of hydrogen-bond donors (Lipinski definition) is 0. The number of hydrogen-bond acceptors (Lipinski definition) is 2. The van der Waals surface area contributed by atoms with Crippen LogP contribution in [0.5, 0.6) is 0 Å². The summed E-state index contributed by atoms with van der Waals surface area (Å²) in [7, 11) is 0. The summed E-state index contributed by atoms with van der Waals surface area (Å²) in [6.07, 6.45) is 0. The highest BCUT2D eigenvalue weighted by Crippen LogP contribution is 2.46. The highest BCUT2D eigenvalue weighted by Gasteiger charge is 2.24. The molecule has 13 aromatic rings. The molecule has 13 rings (SSSR count). The second-order valence-electron chi connectivity index (χ2n) is 16.5. The molecule has 3 heterocycles. The predicted molar refractivity (Wildman–Crippen MR) is 267 cm³/mol. The quantitative estimate of drug-likeness (QED) is 0.168. The van der Waals surface area contributed by atoms with E-state index in [1.54, 1.807) is 0 Å². The highest BCUT2D eigenvalue weighted by atomic mass is 15.1. The molecule has 0 fully saturated rings. The second kappa shape index (κ2) is 14.5. The summed E-state index contributed by atoms with van der Waals surface area (Å²) in [6.45, 7) is 0. The van der Waals surface area contributed by atoms with Crippen LogP contribution in [-0.2, 0) is 0 Å². The zero-order valence-corrected chi connectivity index (χ0v) is 34.7. The summed E-state index contributed by atoms with van der Waals surface area (Å²) < 4.78 is 4.78. The molecular formula is C60H38N4. The molecule has 4 nitrogen and oxygen atoms in total. The first kappa shape index (κ1) is 36.1. The van der Waals surface area contributed by atoms with Crippen molar-refractivity contribution in [1.29, 1.82) is 0 Å². The Morgan fingerprint density at radius 3 is 1.48 bits per heavy atom. The van der Waals surface area contributed by atoms with Crippen molar-refractivity contribution in [1.82, 2.24) is 19.1 Å². The first-order chi connectivity index (χ1) is 31.8. The van der Waals surface area contributed by atoms with Crippen molar-refractivity contribution in [2.45, 2.75) is 0 Å². The molecule has 0 aliphatic heterocycles. The predicted octanol–water partition coefficient (Wildman–Crippen LogP) is 15.6. The van der Waals surface area contributed by atoms with Gasteiger partial charge in [0.25, 0.3) is 0 Å². The van der Waals surface area contributed by atoms with Crippen LogP contribution in [0.15, 0.2) is 231 Å². The lowest BCUT2D eigenvalue weighted by Crippen LogP contribution is -2.03. The molecule has 0 N–H and O–H groups in total. The van der Waals surface area contributed by atoms with Gasteiger partial charge in [-0.2, -0.15) is 0 Å². The molecule has 0 saturated carbocycles. The van der Waals surface area contributed by atoms with Gasteiger partial charge in [-0.3, -0.25) is 4.57 Å². The topological polar surface area (TPSA) is 35.6 Å². The third-order valence-electron chi connectivity index (χ3n) is 12.9. The van der Waals surface area contributed by atoms with E-state index in [0.29, 0.717) is 0 Å². The molecule has 64 heavy (non-hydrogen) atoms. The van der Waals surface area contributed by atoms with Crippen molar-refractivity contribution in [3.63, 3.8) is 0 Å². The standard InChI is InChI=1S/C60H38N4/c1-3-15-39(16-4-1)41-29-31-44(32-30-41)59-60(62-51-25-11-10-24-50(51)61-59)64-54-28-14-23-48(58(54)57-46-20-8-7-19-43(46)35-38-55(57)64)47-22-13-27-53-56(47)49-21-9-12-26-52(49)63(53)45-36-33-42(34-37-45)40-17-5-2-6-18-40/h1-38H. The Morgan fingerprint density at radius 1 is 0.281 bits per heavy atom. The van der Waals surface area contributed by atoms with E-state index >= 15 is 0 Å². The van der Waals surface area contributed by atoms with Gasteiger partial charge in [0.15, 0.2) is 5.82 Å². The largest absolute Gasteiger partial charge is 0.309 e. The minimum absolute atomic E-state index is 0.798. The van der Waals surface area contributed by atoms with E-state index in [-0.39, 0.29) is 0 Å². The molecule has 4 heteroatoms. The lowest BCUT2D eigenvalue weighted by molar-refractivity contribution is 1.08. The van der Waals surface area contributed by atoms with E-state index in [4.69, 9.17) is 9.97 Å². The summed E-state index contributed by atoms with van der Waals surface area (Å²) in [6, 6.07) is 82.7. The Balaban J connectivity index is 1.09. The van der Waals surface area contributed by atoms with Gasteiger partial charge in [0.2, 0.25) is 0 Å². The van der Waals surface area contributed by atoms with Gasteiger partial charge < -0.3 is 4.57 Å². The van der Waals surface area contributed by atoms with Crippen LogP contribution in [0.25, 0.3) is 122 Å². The average Bonchev–Trinajstić information content (AvgIpc) is 3.90. The third kappa shape index (κ3) is 5.63. The average molecular weight is 815 g/mol. The molecule has 3 aromatic heterocycles. The van der Waals surface area contributed by atoms with Crippen molar-refractivity contribution in [3.05, 3.63) is 231 Å². The van der Waals surface area contributed by atoms with Crippen molar-refractivity contribution < 1.29 is 0 Å². The Morgan fingerprint density at radius 2 is 0.781 bits per heavy atom. The van der Waals surface area contributed by atoms with E-state index in [9.17, 15) is 0 Å². The van der Waals surface area contributed by atoms with Crippen LogP contribution < -0.4 is 0 Å². The van der Waals surface area contributed by atoms with Crippen molar-refractivity contribution in [2.24, 2.45) is 0 Å². The fourth-order valence-corrected chi connectivity index (χ4v) is 10.0. The van der Waals surface area contributed by atoms with Crippen molar-refractivity contribution >= 4 is 65.4 Å². The molecule has 0 aliphatic rings. The van der Waals surface area contributed by atoms with E-state index in [2.05, 4.69) is 228 Å². The molecule has 0 bridgehead atoms. The summed E-state index contributed by atoms with van der Waals surface area (Å²) in [5.41, 5.74) is 16.3. The fraction of sp³-hybridized carbons (Fsp3) is 0. The van der Waals surface area contributed by atoms with Crippen LogP contribution in [0, 0.1) is 0 Å². The van der Waals surface area contributed by atoms with Crippen LogP contribution >= 0.6 is 0 Å². The fourth-order valence-electron chi connectivity index (χ4n) is 10.0. The van der Waals surface area contributed by atoms with Crippen LogP contribution in [0.2, 0.25) is 0 Å². The van der Waals surface area contributed by atoms with Crippen LogP contribution in [0.3, 0.4) is 0 Å². The number of rotatable bonds is 6. The summed E-state index contributed by atoms with van der Waals surface area (Å²) in [5, 5.41) is 7.22. The molecule has 298 valence electrons. The van der Waals surface area contributed by atoms with E-state index in [1.807, 2.05) is 12.1 Å². The van der Waals surface area contributed by atoms with Gasteiger partial charge in [0, 0.05) is 32.8 Å². The van der Waals surface area contributed by atoms with E-state index < -0.39 is 0 Å². The zero-order chi connectivity index (χ0) is 42.1. The minimum Gasteiger partial charge on any atom is -0.309 e. The van der Waals surface area contributed by atoms with Gasteiger partial charge in [-0.15, -0.1) is 0 Å². The Labute approximate surface area is 369 Å². The normalized spacial score (nSPS) is 11.8. The number of benzene rings is 10. The van der Waals surface area contributed by atoms with Gasteiger partial charge in [0.1, 0.15) is 5.69 Å². The number of para-hydroxylation sites is 3. The van der Waals surface area contributed by atoms with E-state index in [0.717, 1.165) is 50.4 Å². The maximum atomic E-state index is 5.51. The molecule has 0 unspecified atom stereocenters. The molecular weight excluding hydrogens is 777 g/mol. The molecule has 0 spiro atoms. The highest BCUT2D eigenvalue weighted by molar-refractivity contribution is 6.27. The van der Waals surface area contributed by atoms with E-state index in [1.165, 1.54) is 71.2 Å². The monoisotopic (exact) mass is 814 g/mol. The van der Waals surface area contributed by atoms with Gasteiger partial charge in [-0.1, -0.05) is 182 Å². The van der Waals surface area contributed by atoms with Crippen LogP contribution in [0.1, 0.15) is 0 Å². The molecule has 0 atom stereocenters. The Bertz CT molecular complexity index is 3920. The van der Waals surface area contributed by atoms with Gasteiger partial charge >= 0.3 is 0 Å². The van der Waals surface area contributed by atoms with Gasteiger partial charge in [-0.25, -0.2) is 9.97 Å². The maximum Gasteiger partial charge on any atom is 0.165 e. The molecule has 10 aromatic carbocycles. The lowest BCUT2D eigenvalue weighted by atomic mass is 9.94.